The zero-order valence-electron chi connectivity index (χ0n) is 14.6. The van der Waals surface area contributed by atoms with Gasteiger partial charge in [0.15, 0.2) is 0 Å². The lowest BCUT2D eigenvalue weighted by atomic mass is 10.1. The highest BCUT2D eigenvalue weighted by Crippen LogP contribution is 2.70. The Morgan fingerprint density at radius 3 is 1.83 bits per heavy atom. The van der Waals surface area contributed by atoms with Crippen molar-refractivity contribution in [2.75, 3.05) is 0 Å². The predicted octanol–water partition coefficient (Wildman–Crippen LogP) is 6.59. The molecule has 0 bridgehead atoms. The van der Waals surface area contributed by atoms with E-state index in [9.17, 15) is 17.7 Å². The van der Waals surface area contributed by atoms with E-state index in [-0.39, 0.29) is 0 Å². The molecule has 0 unspecified atom stereocenters. The van der Waals surface area contributed by atoms with Crippen molar-refractivity contribution in [3.63, 3.8) is 0 Å². The molecule has 0 aliphatic rings. The van der Waals surface area contributed by atoms with Gasteiger partial charge in [-0.15, -0.1) is 0 Å². The van der Waals surface area contributed by atoms with E-state index in [1.54, 1.807) is 0 Å². The second-order valence-corrected chi connectivity index (χ2v) is 9.88. The molecule has 1 aromatic rings. The first kappa shape index (κ1) is 21.7. The zero-order chi connectivity index (χ0) is 19.0. The minimum atomic E-state index is -5.02. The molecule has 8 heteroatoms. The molecule has 0 atom stereocenters. The van der Waals surface area contributed by atoms with Crippen LogP contribution in [0.4, 0.5) is 13.2 Å². The summed E-state index contributed by atoms with van der Waals surface area (Å²) in [5, 5.41) is 0.310. The summed E-state index contributed by atoms with van der Waals surface area (Å²) in [5.74, 6) is -1.16. The molecule has 0 aliphatic carbocycles. The fourth-order valence-electron chi connectivity index (χ4n) is 1.89. The van der Waals surface area contributed by atoms with E-state index in [1.807, 2.05) is 0 Å². The summed E-state index contributed by atoms with van der Waals surface area (Å²) in [5.41, 5.74) is -7.01. The van der Waals surface area contributed by atoms with Crippen molar-refractivity contribution in [1.29, 1.82) is 0 Å². The Hall–Kier alpha value is -0.360. The molecule has 0 spiro atoms. The van der Waals surface area contributed by atoms with Gasteiger partial charge in [0.2, 0.25) is 0 Å². The van der Waals surface area contributed by atoms with Gasteiger partial charge in [0.05, 0.1) is 16.8 Å². The Labute approximate surface area is 149 Å². The first-order valence-electron chi connectivity index (χ1n) is 7.36. The van der Waals surface area contributed by atoms with Gasteiger partial charge in [0.1, 0.15) is 5.82 Å². The number of rotatable bonds is 5. The van der Waals surface area contributed by atoms with Crippen LogP contribution in [0.1, 0.15) is 52.7 Å². The Balaban J connectivity index is 3.47. The van der Waals surface area contributed by atoms with Crippen LogP contribution in [0.5, 0.6) is 0 Å². The van der Waals surface area contributed by atoms with E-state index >= 15 is 0 Å². The molecule has 0 N–H and O–H groups in total. The lowest BCUT2D eigenvalue weighted by molar-refractivity contribution is -0.0228. The number of hydrogen-bond donors (Lipinski definition) is 0. The van der Waals surface area contributed by atoms with Crippen LogP contribution >= 0.6 is 23.5 Å². The van der Waals surface area contributed by atoms with Gasteiger partial charge >= 0.3 is 13.3 Å². The van der Waals surface area contributed by atoms with Gasteiger partial charge in [-0.1, -0.05) is 22.0 Å². The maximum Gasteiger partial charge on any atom is 0.405 e. The smallest absolute Gasteiger partial charge is 0.298 e. The molecule has 0 saturated carbocycles. The predicted molar refractivity (Wildman–Crippen MR) is 92.2 cm³/mol. The monoisotopic (exact) mass is 430 g/mol. The van der Waals surface area contributed by atoms with Crippen LogP contribution in [0, 0.1) is 5.82 Å². The highest BCUT2D eigenvalue weighted by atomic mass is 79.9. The molecule has 0 heterocycles. The molecule has 0 fully saturated rings. The van der Waals surface area contributed by atoms with Gasteiger partial charge in [0.25, 0.3) is 0 Å². The third kappa shape index (κ3) is 5.32. The van der Waals surface area contributed by atoms with Gasteiger partial charge in [-0.3, -0.25) is 13.6 Å². The average Bonchev–Trinajstić information content (AvgIpc) is 2.33. The number of halogens is 4. The quantitative estimate of drug-likeness (QED) is 0.390. The standard InChI is InChI=1S/C16H23BrF3O3P/c1-14(2,3)22-24(21,23-15(4,5)6)16(19,20)12-8-7-11(10-17)9-13(12)18/h7-9H,10H2,1-6H3. The zero-order valence-corrected chi connectivity index (χ0v) is 17.1. The first-order valence-corrected chi connectivity index (χ1v) is 10.0. The van der Waals surface area contributed by atoms with Crippen molar-refractivity contribution in [1.82, 2.24) is 0 Å². The van der Waals surface area contributed by atoms with Crippen LogP contribution < -0.4 is 0 Å². The van der Waals surface area contributed by atoms with E-state index in [2.05, 4.69) is 15.9 Å². The summed E-state index contributed by atoms with van der Waals surface area (Å²) < 4.78 is 67.5. The first-order chi connectivity index (χ1) is 10.6. The molecule has 0 radical (unpaired) electrons. The average molecular weight is 431 g/mol. The van der Waals surface area contributed by atoms with Gasteiger partial charge in [-0.2, -0.15) is 8.78 Å². The Morgan fingerprint density at radius 1 is 1.04 bits per heavy atom. The van der Waals surface area contributed by atoms with Crippen LogP contribution in [-0.4, -0.2) is 11.2 Å². The van der Waals surface area contributed by atoms with Crippen LogP contribution in [0.15, 0.2) is 18.2 Å². The summed E-state index contributed by atoms with van der Waals surface area (Å²) >= 11 is 3.13. The molecule has 0 saturated heterocycles. The Morgan fingerprint density at radius 2 is 1.50 bits per heavy atom. The summed E-state index contributed by atoms with van der Waals surface area (Å²) in [6.45, 7) is 8.87. The lowest BCUT2D eigenvalue weighted by Gasteiger charge is -2.36. The number of alkyl halides is 3. The lowest BCUT2D eigenvalue weighted by Crippen LogP contribution is -2.31. The van der Waals surface area contributed by atoms with Crippen molar-refractivity contribution in [2.45, 2.75) is 63.7 Å². The molecular formula is C16H23BrF3O3P. The second-order valence-electron chi connectivity index (χ2n) is 7.39. The van der Waals surface area contributed by atoms with E-state index < -0.39 is 35.8 Å². The highest BCUT2D eigenvalue weighted by Gasteiger charge is 2.59. The molecule has 0 aliphatic heterocycles. The fraction of sp³-hybridized carbons (Fsp3) is 0.625. The van der Waals surface area contributed by atoms with E-state index in [4.69, 9.17) is 9.05 Å². The van der Waals surface area contributed by atoms with Gasteiger partial charge in [-0.25, -0.2) is 4.39 Å². The van der Waals surface area contributed by atoms with Crippen molar-refractivity contribution in [3.8, 4) is 0 Å². The maximum atomic E-state index is 15.0. The van der Waals surface area contributed by atoms with Gasteiger partial charge < -0.3 is 0 Å². The Bertz CT molecular complexity index is 616. The highest BCUT2D eigenvalue weighted by molar-refractivity contribution is 9.08. The third-order valence-corrected chi connectivity index (χ3v) is 5.80. The summed E-state index contributed by atoms with van der Waals surface area (Å²) in [7, 11) is -5.02. The molecule has 0 amide bonds. The molecule has 24 heavy (non-hydrogen) atoms. The SMILES string of the molecule is CC(C)(C)OP(=O)(OC(C)(C)C)C(F)(F)c1ccc(CBr)cc1F. The van der Waals surface area contributed by atoms with Crippen LogP contribution in [-0.2, 0) is 24.6 Å². The summed E-state index contributed by atoms with van der Waals surface area (Å²) in [4.78, 5) is 0. The minimum absolute atomic E-state index is 0.310. The summed E-state index contributed by atoms with van der Waals surface area (Å²) in [6.07, 6.45) is 0. The van der Waals surface area contributed by atoms with Crippen molar-refractivity contribution < 1.29 is 26.8 Å². The largest absolute Gasteiger partial charge is 0.405 e. The molecule has 1 aromatic carbocycles. The van der Waals surface area contributed by atoms with Gasteiger partial charge in [0, 0.05) is 5.33 Å². The fourth-order valence-corrected chi connectivity index (χ4v) is 4.42. The number of hydrogen-bond acceptors (Lipinski definition) is 3. The summed E-state index contributed by atoms with van der Waals surface area (Å²) in [6, 6.07) is 3.21. The van der Waals surface area contributed by atoms with E-state index in [0.29, 0.717) is 10.9 Å². The van der Waals surface area contributed by atoms with Crippen LogP contribution in [0.3, 0.4) is 0 Å². The molecule has 3 nitrogen and oxygen atoms in total. The maximum absolute atomic E-state index is 15.0. The Kier molecular flexibility index (Phi) is 6.42. The second kappa shape index (κ2) is 7.10. The minimum Gasteiger partial charge on any atom is -0.298 e. The normalized spacial score (nSPS) is 14.1. The van der Waals surface area contributed by atoms with Crippen molar-refractivity contribution >= 4 is 23.5 Å². The van der Waals surface area contributed by atoms with Crippen LogP contribution in [0.2, 0.25) is 0 Å². The molecular weight excluding hydrogens is 408 g/mol. The number of benzene rings is 1. The topological polar surface area (TPSA) is 35.5 Å². The van der Waals surface area contributed by atoms with E-state index in [1.165, 1.54) is 47.6 Å². The van der Waals surface area contributed by atoms with Crippen molar-refractivity contribution in [3.05, 3.63) is 35.1 Å². The van der Waals surface area contributed by atoms with Crippen LogP contribution in [0.25, 0.3) is 0 Å². The van der Waals surface area contributed by atoms with E-state index in [0.717, 1.165) is 12.1 Å². The van der Waals surface area contributed by atoms with Crippen molar-refractivity contribution in [2.24, 2.45) is 0 Å². The van der Waals surface area contributed by atoms with Gasteiger partial charge in [-0.05, 0) is 59.2 Å². The molecule has 1 rings (SSSR count). The molecule has 0 aromatic heterocycles. The molecule has 138 valence electrons. The third-order valence-electron chi connectivity index (χ3n) is 2.64.